The van der Waals surface area contributed by atoms with Crippen LogP contribution in [-0.2, 0) is 32.7 Å². The molecule has 0 aromatic rings. The van der Waals surface area contributed by atoms with Gasteiger partial charge < -0.3 is 24.0 Å². The maximum atomic E-state index is 12.7. The number of phosphoric ester groups is 1. The van der Waals surface area contributed by atoms with E-state index in [-0.39, 0.29) is 26.1 Å². The van der Waals surface area contributed by atoms with Crippen molar-refractivity contribution >= 4 is 19.8 Å². The van der Waals surface area contributed by atoms with E-state index in [9.17, 15) is 24.2 Å². The Bertz CT molecular complexity index is 1060. The number of aliphatic hydroxyl groups is 1. The molecule has 3 atom stereocenters. The molecule has 2 unspecified atom stereocenters. The first-order chi connectivity index (χ1) is 26.4. The molecule has 0 saturated heterocycles. The summed E-state index contributed by atoms with van der Waals surface area (Å²) in [5, 5.41) is 10.3. The summed E-state index contributed by atoms with van der Waals surface area (Å²) >= 11 is 0. The zero-order chi connectivity index (χ0) is 40.9. The maximum absolute atomic E-state index is 12.7. The minimum absolute atomic E-state index is 0.00123. The lowest BCUT2D eigenvalue weighted by Gasteiger charge is -2.24. The number of allylic oxidation sites excluding steroid dienone is 5. The molecule has 0 radical (unpaired) electrons. The van der Waals surface area contributed by atoms with Crippen LogP contribution in [0, 0.1) is 0 Å². The Kier molecular flexibility index (Phi) is 35.3. The number of ether oxygens (including phenoxy) is 2. The van der Waals surface area contributed by atoms with Gasteiger partial charge in [0.2, 0.25) is 0 Å². The molecule has 0 amide bonds. The normalized spacial score (nSPS) is 14.5. The molecule has 0 saturated carbocycles. The molecule has 0 rings (SSSR count). The summed E-state index contributed by atoms with van der Waals surface area (Å²) in [6.45, 7) is 4.19. The number of carbonyl (C=O) groups is 2. The third-order valence-electron chi connectivity index (χ3n) is 9.28. The van der Waals surface area contributed by atoms with Crippen LogP contribution in [0.3, 0.4) is 0 Å². The SMILES string of the molecule is CCCCCCCC/C=C/C/C=C/C=C/C(O)CCCC(=O)O[C@H](COC(=O)CCCCCCCCCCCCCCC)COP(=O)(O)OCC[N+](C)(C)C. The van der Waals surface area contributed by atoms with Gasteiger partial charge in [-0.3, -0.25) is 18.6 Å². The van der Waals surface area contributed by atoms with E-state index >= 15 is 0 Å². The van der Waals surface area contributed by atoms with Crippen molar-refractivity contribution in [1.29, 1.82) is 0 Å². The molecular weight excluding hydrogens is 717 g/mol. The molecule has 0 aromatic heterocycles. The third-order valence-corrected chi connectivity index (χ3v) is 10.3. The van der Waals surface area contributed by atoms with E-state index in [1.807, 2.05) is 33.3 Å². The number of carbonyl (C=O) groups excluding carboxylic acids is 2. The molecule has 0 bridgehead atoms. The molecule has 11 heteroatoms. The van der Waals surface area contributed by atoms with Gasteiger partial charge in [-0.15, -0.1) is 0 Å². The van der Waals surface area contributed by atoms with Crippen LogP contribution in [0.15, 0.2) is 36.5 Å². The molecule has 0 spiro atoms. The first-order valence-electron chi connectivity index (χ1n) is 21.8. The van der Waals surface area contributed by atoms with Crippen molar-refractivity contribution < 1.29 is 47.2 Å². The highest BCUT2D eigenvalue weighted by molar-refractivity contribution is 7.47. The smallest absolute Gasteiger partial charge is 0.462 e. The number of unbranched alkanes of at least 4 members (excludes halogenated alkanes) is 18. The van der Waals surface area contributed by atoms with Crippen LogP contribution in [0.4, 0.5) is 0 Å². The maximum Gasteiger partial charge on any atom is 0.472 e. The fourth-order valence-corrected chi connectivity index (χ4v) is 6.53. The summed E-state index contributed by atoms with van der Waals surface area (Å²) in [6.07, 6.45) is 36.5. The molecular formula is C44H83NO9P+. The van der Waals surface area contributed by atoms with Gasteiger partial charge in [-0.2, -0.15) is 0 Å². The number of aliphatic hydroxyl groups excluding tert-OH is 1. The number of hydrogen-bond donors (Lipinski definition) is 2. The topological polar surface area (TPSA) is 129 Å². The van der Waals surface area contributed by atoms with Crippen LogP contribution in [0.1, 0.15) is 174 Å². The fraction of sp³-hybridized carbons (Fsp3) is 0.818. The van der Waals surface area contributed by atoms with Gasteiger partial charge in [0.15, 0.2) is 6.10 Å². The van der Waals surface area contributed by atoms with E-state index in [2.05, 4.69) is 26.0 Å². The average Bonchev–Trinajstić information content (AvgIpc) is 3.12. The van der Waals surface area contributed by atoms with Crippen LogP contribution in [0.25, 0.3) is 0 Å². The molecule has 2 N–H and O–H groups in total. The summed E-state index contributed by atoms with van der Waals surface area (Å²) in [7, 11) is 1.36. The molecule has 10 nitrogen and oxygen atoms in total. The molecule has 0 aliphatic heterocycles. The van der Waals surface area contributed by atoms with E-state index < -0.39 is 38.6 Å². The predicted octanol–water partition coefficient (Wildman–Crippen LogP) is 11.1. The number of likely N-dealkylation sites (N-methyl/N-ethyl adjacent to an activating group) is 1. The van der Waals surface area contributed by atoms with Gasteiger partial charge in [-0.05, 0) is 38.5 Å². The third kappa shape index (κ3) is 40.2. The lowest BCUT2D eigenvalue weighted by molar-refractivity contribution is -0.870. The lowest BCUT2D eigenvalue weighted by Crippen LogP contribution is -2.37. The van der Waals surface area contributed by atoms with Gasteiger partial charge in [0, 0.05) is 12.8 Å². The van der Waals surface area contributed by atoms with Crippen molar-refractivity contribution in [2.75, 3.05) is 47.5 Å². The number of nitrogens with zero attached hydrogens (tertiary/aromatic N) is 1. The van der Waals surface area contributed by atoms with Crippen molar-refractivity contribution in [2.24, 2.45) is 0 Å². The van der Waals surface area contributed by atoms with Crippen LogP contribution in [0.5, 0.6) is 0 Å². The largest absolute Gasteiger partial charge is 0.472 e. The van der Waals surface area contributed by atoms with Gasteiger partial charge in [0.25, 0.3) is 0 Å². The van der Waals surface area contributed by atoms with Crippen molar-refractivity contribution in [2.45, 2.75) is 187 Å². The zero-order valence-electron chi connectivity index (χ0n) is 35.8. The quantitative estimate of drug-likeness (QED) is 0.0156. The molecule has 0 aliphatic carbocycles. The summed E-state index contributed by atoms with van der Waals surface area (Å²) in [5.41, 5.74) is 0. The van der Waals surface area contributed by atoms with E-state index in [1.165, 1.54) is 103 Å². The Labute approximate surface area is 336 Å². The predicted molar refractivity (Wildman–Crippen MR) is 226 cm³/mol. The Hall–Kier alpha value is -1.81. The van der Waals surface area contributed by atoms with E-state index in [0.717, 1.165) is 25.7 Å². The van der Waals surface area contributed by atoms with Gasteiger partial charge >= 0.3 is 19.8 Å². The molecule has 322 valence electrons. The van der Waals surface area contributed by atoms with Crippen LogP contribution < -0.4 is 0 Å². The number of esters is 2. The molecule has 0 aliphatic rings. The van der Waals surface area contributed by atoms with Crippen molar-refractivity contribution in [1.82, 2.24) is 0 Å². The van der Waals surface area contributed by atoms with E-state index in [0.29, 0.717) is 30.3 Å². The Morgan fingerprint density at radius 3 is 1.78 bits per heavy atom. The summed E-state index contributed by atoms with van der Waals surface area (Å²) in [5.74, 6) is -0.993. The highest BCUT2D eigenvalue weighted by Gasteiger charge is 2.27. The first-order valence-corrected chi connectivity index (χ1v) is 23.3. The lowest BCUT2D eigenvalue weighted by atomic mass is 10.0. The van der Waals surface area contributed by atoms with Crippen LogP contribution >= 0.6 is 7.82 Å². The monoisotopic (exact) mass is 801 g/mol. The minimum atomic E-state index is -4.42. The Balaban J connectivity index is 4.56. The Morgan fingerprint density at radius 2 is 1.20 bits per heavy atom. The number of quaternary nitrogens is 1. The van der Waals surface area contributed by atoms with Crippen molar-refractivity contribution in [3.05, 3.63) is 36.5 Å². The second-order valence-corrected chi connectivity index (χ2v) is 17.4. The number of rotatable bonds is 39. The van der Waals surface area contributed by atoms with Crippen LogP contribution in [0.2, 0.25) is 0 Å². The van der Waals surface area contributed by atoms with Gasteiger partial charge in [-0.25, -0.2) is 4.57 Å². The zero-order valence-corrected chi connectivity index (χ0v) is 36.7. The summed E-state index contributed by atoms with van der Waals surface area (Å²) < 4.78 is 34.1. The molecule has 0 aromatic carbocycles. The van der Waals surface area contributed by atoms with Gasteiger partial charge in [-0.1, -0.05) is 159 Å². The highest BCUT2D eigenvalue weighted by atomic mass is 31.2. The Morgan fingerprint density at radius 1 is 0.655 bits per heavy atom. The number of hydrogen-bond acceptors (Lipinski definition) is 8. The second kappa shape index (κ2) is 36.5. The van der Waals surface area contributed by atoms with Crippen molar-refractivity contribution in [3.8, 4) is 0 Å². The molecule has 0 heterocycles. The van der Waals surface area contributed by atoms with Gasteiger partial charge in [0.1, 0.15) is 19.8 Å². The average molecular weight is 801 g/mol. The standard InChI is InChI=1S/C44H82NO9P/c1-6-8-10-12-14-16-18-20-22-24-26-28-30-33-41(46)34-32-36-44(48)54-42(40-53-55(49,50)52-38-37-45(3,4)5)39-51-43(47)35-31-29-27-25-23-21-19-17-15-13-11-9-7-2/h20,22,26,28,30,33,41-42,46H,6-19,21,23-25,27,29,31-32,34-40H2,1-5H3/p+1/b22-20+,28-26+,33-30+/t41?,42-/m1/s1. The highest BCUT2D eigenvalue weighted by Crippen LogP contribution is 2.43. The molecule has 55 heavy (non-hydrogen) atoms. The number of phosphoric acid groups is 1. The van der Waals surface area contributed by atoms with Crippen LogP contribution in [-0.4, -0.2) is 86.1 Å². The van der Waals surface area contributed by atoms with E-state index in [4.69, 9.17) is 18.5 Å². The van der Waals surface area contributed by atoms with E-state index in [1.54, 1.807) is 12.2 Å². The van der Waals surface area contributed by atoms with Crippen molar-refractivity contribution in [3.63, 3.8) is 0 Å². The molecule has 0 fully saturated rings. The van der Waals surface area contributed by atoms with Gasteiger partial charge in [0.05, 0.1) is 33.9 Å². The first kappa shape index (κ1) is 53.2. The summed E-state index contributed by atoms with van der Waals surface area (Å²) in [6, 6.07) is 0. The summed E-state index contributed by atoms with van der Waals surface area (Å²) in [4.78, 5) is 35.3. The second-order valence-electron chi connectivity index (χ2n) is 15.9. The minimum Gasteiger partial charge on any atom is -0.462 e. The fourth-order valence-electron chi connectivity index (χ4n) is 5.79.